The lowest BCUT2D eigenvalue weighted by Gasteiger charge is -2.11. The normalized spacial score (nSPS) is 31.2. The molecular formula is C36H34N6. The van der Waals surface area contributed by atoms with Crippen molar-refractivity contribution in [2.45, 2.75) is 50.9 Å². The smallest absolute Gasteiger partial charge is 0.124 e. The molecule has 208 valence electrons. The van der Waals surface area contributed by atoms with Crippen LogP contribution < -0.4 is 10.6 Å². The quantitative estimate of drug-likeness (QED) is 0.186. The molecule has 0 bridgehead atoms. The number of benzene rings is 4. The highest BCUT2D eigenvalue weighted by molar-refractivity contribution is 5.93. The van der Waals surface area contributed by atoms with Crippen molar-refractivity contribution in [1.29, 1.82) is 0 Å². The predicted molar refractivity (Wildman–Crippen MR) is 168 cm³/mol. The molecule has 4 aromatic carbocycles. The van der Waals surface area contributed by atoms with E-state index >= 15 is 0 Å². The SMILES string of the molecule is CC1C2C[C@@H](c3nc4ccc(-c5ccc6cc(-c7ccc8nc([C@@H]9CC%10C(C)C%10N9)[nH]c8c7)ccc6c5)cc4[nH]3)NC12. The summed E-state index contributed by atoms with van der Waals surface area (Å²) in [5.41, 5.74) is 9.18. The van der Waals surface area contributed by atoms with Gasteiger partial charge in [-0.2, -0.15) is 0 Å². The van der Waals surface area contributed by atoms with E-state index in [-0.39, 0.29) is 0 Å². The fourth-order valence-electron chi connectivity index (χ4n) is 8.24. The average Bonchev–Trinajstić information content (AvgIpc) is 3.54. The Morgan fingerprint density at radius 1 is 0.548 bits per heavy atom. The van der Waals surface area contributed by atoms with Gasteiger partial charge in [0.25, 0.3) is 0 Å². The van der Waals surface area contributed by atoms with Gasteiger partial charge in [0.2, 0.25) is 0 Å². The average molecular weight is 551 g/mol. The Kier molecular flexibility index (Phi) is 4.66. The van der Waals surface area contributed by atoms with Gasteiger partial charge in [-0.25, -0.2) is 9.97 Å². The van der Waals surface area contributed by atoms with Crippen LogP contribution in [0.4, 0.5) is 0 Å². The number of H-pyrrole nitrogens is 2. The second-order valence-electron chi connectivity index (χ2n) is 13.5. The third kappa shape index (κ3) is 3.52. The van der Waals surface area contributed by atoms with Gasteiger partial charge in [0.15, 0.2) is 0 Å². The van der Waals surface area contributed by atoms with E-state index in [0.717, 1.165) is 57.4 Å². The molecular weight excluding hydrogens is 516 g/mol. The zero-order valence-corrected chi connectivity index (χ0v) is 23.9. The summed E-state index contributed by atoms with van der Waals surface area (Å²) < 4.78 is 0. The molecule has 2 aliphatic carbocycles. The number of nitrogens with zero attached hydrogens (tertiary/aromatic N) is 2. The van der Waals surface area contributed by atoms with Crippen LogP contribution in [0.15, 0.2) is 72.8 Å². The molecule has 0 amide bonds. The number of fused-ring (bicyclic) bond motifs is 5. The first-order chi connectivity index (χ1) is 20.6. The molecule has 4 aliphatic rings. The molecule has 4 heterocycles. The van der Waals surface area contributed by atoms with Crippen molar-refractivity contribution in [3.8, 4) is 22.3 Å². The number of aromatic amines is 2. The van der Waals surface area contributed by atoms with Crippen LogP contribution in [0.25, 0.3) is 55.1 Å². The van der Waals surface area contributed by atoms with Crippen LogP contribution in [0, 0.1) is 23.7 Å². The highest BCUT2D eigenvalue weighted by Gasteiger charge is 2.54. The molecule has 10 rings (SSSR count). The Labute approximate surface area is 244 Å². The van der Waals surface area contributed by atoms with Crippen molar-refractivity contribution in [2.75, 3.05) is 0 Å². The monoisotopic (exact) mass is 550 g/mol. The van der Waals surface area contributed by atoms with Crippen LogP contribution in [0.5, 0.6) is 0 Å². The topological polar surface area (TPSA) is 81.4 Å². The van der Waals surface area contributed by atoms with Crippen molar-refractivity contribution in [3.63, 3.8) is 0 Å². The first kappa shape index (κ1) is 23.6. The minimum atomic E-state index is 0.358. The molecule has 2 aromatic heterocycles. The van der Waals surface area contributed by atoms with Crippen molar-refractivity contribution < 1.29 is 0 Å². The lowest BCUT2D eigenvalue weighted by atomic mass is 9.97. The fraction of sp³-hybridized carbons (Fsp3) is 0.333. The number of piperidine rings is 2. The van der Waals surface area contributed by atoms with E-state index in [4.69, 9.17) is 9.97 Å². The van der Waals surface area contributed by atoms with Gasteiger partial charge in [-0.15, -0.1) is 0 Å². The lowest BCUT2D eigenvalue weighted by molar-refractivity contribution is 0.499. The fourth-order valence-corrected chi connectivity index (χ4v) is 8.24. The first-order valence-electron chi connectivity index (χ1n) is 15.6. The Hall–Kier alpha value is -4.00. The zero-order chi connectivity index (χ0) is 27.7. The van der Waals surface area contributed by atoms with Gasteiger partial charge >= 0.3 is 0 Å². The summed E-state index contributed by atoms with van der Waals surface area (Å²) in [5, 5.41) is 10.0. The van der Waals surface area contributed by atoms with Crippen molar-refractivity contribution >= 4 is 32.8 Å². The van der Waals surface area contributed by atoms with E-state index in [9.17, 15) is 0 Å². The zero-order valence-electron chi connectivity index (χ0n) is 23.9. The van der Waals surface area contributed by atoms with Gasteiger partial charge in [-0.1, -0.05) is 50.2 Å². The van der Waals surface area contributed by atoms with Gasteiger partial charge in [0.05, 0.1) is 34.2 Å². The number of hydrogen-bond acceptors (Lipinski definition) is 4. The molecule has 8 atom stereocenters. The number of hydrogen-bond donors (Lipinski definition) is 4. The molecule has 6 unspecified atom stereocenters. The summed E-state index contributed by atoms with van der Waals surface area (Å²) in [6.07, 6.45) is 2.39. The molecule has 4 fully saturated rings. The van der Waals surface area contributed by atoms with E-state index in [1.54, 1.807) is 0 Å². The van der Waals surface area contributed by atoms with Crippen molar-refractivity contribution in [2.24, 2.45) is 23.7 Å². The highest BCUT2D eigenvalue weighted by Crippen LogP contribution is 2.51. The standard InChI is InChI=1S/C36H34N6/c1-17-25-15-31(37-33(17)25)35-39-27-9-7-23(13-29(27)41-35)21-5-3-20-12-22(6-4-19(20)11-21)24-8-10-28-30(14-24)42-36(40-28)32-16-26-18(2)34(26)38-32/h3-14,17-18,25-26,31-34,37-38H,15-16H2,1-2H3,(H,39,41)(H,40,42)/t17?,18?,25?,26?,31-,32-,33?,34?/m0/s1. The third-order valence-corrected chi connectivity index (χ3v) is 11.1. The maximum absolute atomic E-state index is 4.92. The number of imidazole rings is 2. The van der Waals surface area contributed by atoms with Gasteiger partial charge in [0, 0.05) is 12.1 Å². The molecule has 2 saturated heterocycles. The third-order valence-electron chi connectivity index (χ3n) is 11.1. The summed E-state index contributed by atoms with van der Waals surface area (Å²) in [6, 6.07) is 28.9. The number of nitrogens with one attached hydrogen (secondary N) is 4. The molecule has 6 nitrogen and oxygen atoms in total. The summed E-state index contributed by atoms with van der Waals surface area (Å²) in [7, 11) is 0. The summed E-state index contributed by atoms with van der Waals surface area (Å²) >= 11 is 0. The van der Waals surface area contributed by atoms with Crippen LogP contribution in [0.3, 0.4) is 0 Å². The molecule has 2 aliphatic heterocycles. The Morgan fingerprint density at radius 3 is 1.40 bits per heavy atom. The Balaban J connectivity index is 0.919. The predicted octanol–water partition coefficient (Wildman–Crippen LogP) is 7.26. The van der Waals surface area contributed by atoms with E-state index in [1.165, 1.54) is 45.9 Å². The summed E-state index contributed by atoms with van der Waals surface area (Å²) in [6.45, 7) is 4.69. The lowest BCUT2D eigenvalue weighted by Crippen LogP contribution is -2.20. The minimum Gasteiger partial charge on any atom is -0.341 e. The van der Waals surface area contributed by atoms with E-state index < -0.39 is 0 Å². The van der Waals surface area contributed by atoms with Crippen LogP contribution in [0.2, 0.25) is 0 Å². The summed E-state index contributed by atoms with van der Waals surface area (Å²) in [5.74, 6) is 5.46. The van der Waals surface area contributed by atoms with Gasteiger partial charge in [-0.05, 0) is 106 Å². The van der Waals surface area contributed by atoms with E-state index in [1.807, 2.05) is 0 Å². The van der Waals surface area contributed by atoms with Crippen molar-refractivity contribution in [3.05, 3.63) is 84.4 Å². The molecule has 0 spiro atoms. The summed E-state index contributed by atoms with van der Waals surface area (Å²) in [4.78, 5) is 17.1. The maximum Gasteiger partial charge on any atom is 0.124 e. The van der Waals surface area contributed by atoms with E-state index in [0.29, 0.717) is 24.2 Å². The largest absolute Gasteiger partial charge is 0.341 e. The number of rotatable bonds is 4. The number of aromatic nitrogens is 4. The van der Waals surface area contributed by atoms with Gasteiger partial charge in [0.1, 0.15) is 11.6 Å². The molecule has 42 heavy (non-hydrogen) atoms. The van der Waals surface area contributed by atoms with Gasteiger partial charge in [-0.3, -0.25) is 0 Å². The van der Waals surface area contributed by atoms with Crippen LogP contribution in [-0.4, -0.2) is 32.0 Å². The first-order valence-corrected chi connectivity index (χ1v) is 15.6. The van der Waals surface area contributed by atoms with Gasteiger partial charge < -0.3 is 20.6 Å². The van der Waals surface area contributed by atoms with Crippen LogP contribution in [0.1, 0.15) is 50.4 Å². The highest BCUT2D eigenvalue weighted by atomic mass is 15.1. The Morgan fingerprint density at radius 2 is 0.976 bits per heavy atom. The maximum atomic E-state index is 4.92. The molecule has 6 heteroatoms. The molecule has 2 saturated carbocycles. The molecule has 4 N–H and O–H groups in total. The van der Waals surface area contributed by atoms with E-state index in [2.05, 4.69) is 107 Å². The van der Waals surface area contributed by atoms with Crippen molar-refractivity contribution in [1.82, 2.24) is 30.6 Å². The van der Waals surface area contributed by atoms with Crippen LogP contribution >= 0.6 is 0 Å². The second-order valence-corrected chi connectivity index (χ2v) is 13.5. The molecule has 0 radical (unpaired) electrons. The Bertz CT molecular complexity index is 1880. The minimum absolute atomic E-state index is 0.358. The second kappa shape index (κ2) is 8.30. The van der Waals surface area contributed by atoms with Crippen LogP contribution in [-0.2, 0) is 0 Å². The molecule has 6 aromatic rings.